The lowest BCUT2D eigenvalue weighted by molar-refractivity contribution is -0.125. The van der Waals surface area contributed by atoms with Crippen molar-refractivity contribution >= 4 is 21.8 Å². The molecule has 1 saturated heterocycles. The second-order valence-electron chi connectivity index (χ2n) is 9.18. The number of hydrogen-bond acceptors (Lipinski definition) is 4. The van der Waals surface area contributed by atoms with Crippen molar-refractivity contribution in [2.24, 2.45) is 17.8 Å². The standard InChI is InChI=1S/C23H35N3O4S/c1-17-13-18(2)16-26(15-17)31(29,30)21-10-6-9-20(14-21)23(28)25-12-11-24-22(27)19-7-4-3-5-8-19/h6,9-10,14,17-19H,3-5,7-8,11-13,15-16H2,1-2H3,(H,24,27)(H,25,28). The first kappa shape index (κ1) is 23.7. The van der Waals surface area contributed by atoms with Crippen LogP contribution in [-0.4, -0.2) is 50.7 Å². The predicted molar refractivity (Wildman–Crippen MR) is 120 cm³/mol. The van der Waals surface area contributed by atoms with Crippen molar-refractivity contribution in [3.63, 3.8) is 0 Å². The van der Waals surface area contributed by atoms with Crippen molar-refractivity contribution in [1.29, 1.82) is 0 Å². The molecule has 1 aliphatic carbocycles. The maximum atomic E-state index is 13.1. The van der Waals surface area contributed by atoms with Gasteiger partial charge in [-0.15, -0.1) is 0 Å². The first-order valence-corrected chi connectivity index (χ1v) is 12.9. The molecule has 1 aromatic carbocycles. The third-order valence-electron chi connectivity index (χ3n) is 6.26. The van der Waals surface area contributed by atoms with E-state index in [4.69, 9.17) is 0 Å². The highest BCUT2D eigenvalue weighted by Crippen LogP contribution is 2.27. The Morgan fingerprint density at radius 1 is 1.00 bits per heavy atom. The first-order chi connectivity index (χ1) is 14.8. The van der Waals surface area contributed by atoms with E-state index >= 15 is 0 Å². The van der Waals surface area contributed by atoms with Crippen molar-refractivity contribution in [2.45, 2.75) is 57.3 Å². The molecule has 31 heavy (non-hydrogen) atoms. The van der Waals surface area contributed by atoms with Crippen molar-refractivity contribution in [2.75, 3.05) is 26.2 Å². The van der Waals surface area contributed by atoms with E-state index in [-0.39, 0.29) is 22.6 Å². The number of rotatable bonds is 7. The van der Waals surface area contributed by atoms with Gasteiger partial charge < -0.3 is 10.6 Å². The summed E-state index contributed by atoms with van der Waals surface area (Å²) in [5.41, 5.74) is 0.304. The molecule has 3 rings (SSSR count). The van der Waals surface area contributed by atoms with Gasteiger partial charge in [0, 0.05) is 37.7 Å². The molecule has 1 saturated carbocycles. The van der Waals surface area contributed by atoms with E-state index in [1.807, 2.05) is 0 Å². The van der Waals surface area contributed by atoms with Gasteiger partial charge in [-0.3, -0.25) is 9.59 Å². The fourth-order valence-corrected chi connectivity index (χ4v) is 6.45. The highest BCUT2D eigenvalue weighted by molar-refractivity contribution is 7.89. The molecule has 2 aliphatic rings. The topological polar surface area (TPSA) is 95.6 Å². The minimum absolute atomic E-state index is 0.0621. The third kappa shape index (κ3) is 6.29. The Balaban J connectivity index is 1.54. The van der Waals surface area contributed by atoms with Crippen LogP contribution in [0.5, 0.6) is 0 Å². The maximum Gasteiger partial charge on any atom is 0.251 e. The van der Waals surface area contributed by atoms with Gasteiger partial charge in [0.25, 0.3) is 5.91 Å². The lowest BCUT2D eigenvalue weighted by Crippen LogP contribution is -2.42. The van der Waals surface area contributed by atoms with Gasteiger partial charge in [-0.1, -0.05) is 39.2 Å². The Hall–Kier alpha value is -1.93. The fraction of sp³-hybridized carbons (Fsp3) is 0.652. The number of nitrogens with one attached hydrogen (secondary N) is 2. The maximum absolute atomic E-state index is 13.1. The molecule has 0 aromatic heterocycles. The Kier molecular flexibility index (Phi) is 8.11. The van der Waals surface area contributed by atoms with E-state index < -0.39 is 10.0 Å². The second-order valence-corrected chi connectivity index (χ2v) is 11.1. The van der Waals surface area contributed by atoms with Crippen LogP contribution in [0.1, 0.15) is 62.7 Å². The Bertz CT molecular complexity index is 871. The van der Waals surface area contributed by atoms with Crippen LogP contribution in [0.15, 0.2) is 29.2 Å². The summed E-state index contributed by atoms with van der Waals surface area (Å²) < 4.78 is 27.7. The average molecular weight is 450 g/mol. The van der Waals surface area contributed by atoms with Gasteiger partial charge in [0.2, 0.25) is 15.9 Å². The smallest absolute Gasteiger partial charge is 0.251 e. The van der Waals surface area contributed by atoms with E-state index in [9.17, 15) is 18.0 Å². The summed E-state index contributed by atoms with van der Waals surface area (Å²) in [6.45, 7) is 5.80. The summed E-state index contributed by atoms with van der Waals surface area (Å²) in [6.07, 6.45) is 6.30. The second kappa shape index (κ2) is 10.6. The molecule has 0 radical (unpaired) electrons. The molecule has 2 atom stereocenters. The van der Waals surface area contributed by atoms with E-state index in [0.29, 0.717) is 43.6 Å². The molecule has 0 spiro atoms. The summed E-state index contributed by atoms with van der Waals surface area (Å²) in [7, 11) is -3.64. The SMILES string of the molecule is CC1CC(C)CN(S(=O)(=O)c2cccc(C(=O)NCCNC(=O)C3CCCCC3)c2)C1. The fourth-order valence-electron chi connectivity index (χ4n) is 4.72. The van der Waals surface area contributed by atoms with Crippen LogP contribution in [0.3, 0.4) is 0 Å². The number of hydrogen-bond donors (Lipinski definition) is 2. The van der Waals surface area contributed by atoms with Crippen LogP contribution in [-0.2, 0) is 14.8 Å². The van der Waals surface area contributed by atoms with E-state index in [0.717, 1.165) is 32.1 Å². The average Bonchev–Trinajstić information content (AvgIpc) is 2.76. The number of sulfonamides is 1. The number of benzene rings is 1. The predicted octanol–water partition coefficient (Wildman–Crippen LogP) is 2.78. The van der Waals surface area contributed by atoms with Crippen LogP contribution >= 0.6 is 0 Å². The molecule has 172 valence electrons. The lowest BCUT2D eigenvalue weighted by Gasteiger charge is -2.34. The summed E-state index contributed by atoms with van der Waals surface area (Å²) in [5, 5.41) is 5.66. The van der Waals surface area contributed by atoms with Crippen molar-refractivity contribution in [3.05, 3.63) is 29.8 Å². The van der Waals surface area contributed by atoms with Gasteiger partial charge in [-0.05, 0) is 49.3 Å². The van der Waals surface area contributed by atoms with Crippen LogP contribution in [0.2, 0.25) is 0 Å². The molecule has 1 aromatic rings. The molecule has 1 heterocycles. The zero-order valence-corrected chi connectivity index (χ0v) is 19.4. The largest absolute Gasteiger partial charge is 0.354 e. The molecule has 2 fully saturated rings. The molecule has 2 unspecified atom stereocenters. The number of carbonyl (C=O) groups excluding carboxylic acids is 2. The van der Waals surface area contributed by atoms with Crippen LogP contribution in [0, 0.1) is 17.8 Å². The molecular weight excluding hydrogens is 414 g/mol. The van der Waals surface area contributed by atoms with Gasteiger partial charge in [-0.25, -0.2) is 8.42 Å². The first-order valence-electron chi connectivity index (χ1n) is 11.4. The Labute approximate surface area is 186 Å². The van der Waals surface area contributed by atoms with Crippen LogP contribution in [0.4, 0.5) is 0 Å². The molecule has 1 aliphatic heterocycles. The highest BCUT2D eigenvalue weighted by Gasteiger charge is 2.32. The number of piperidine rings is 1. The quantitative estimate of drug-likeness (QED) is 0.626. The van der Waals surface area contributed by atoms with Crippen LogP contribution < -0.4 is 10.6 Å². The lowest BCUT2D eigenvalue weighted by atomic mass is 9.89. The zero-order chi connectivity index (χ0) is 22.4. The van der Waals surface area contributed by atoms with Gasteiger partial charge in [0.1, 0.15) is 0 Å². The monoisotopic (exact) mass is 449 g/mol. The molecule has 8 heteroatoms. The van der Waals surface area contributed by atoms with Gasteiger partial charge in [0.05, 0.1) is 4.90 Å². The van der Waals surface area contributed by atoms with Gasteiger partial charge in [-0.2, -0.15) is 4.31 Å². The molecular formula is C23H35N3O4S. The van der Waals surface area contributed by atoms with Crippen LogP contribution in [0.25, 0.3) is 0 Å². The highest BCUT2D eigenvalue weighted by atomic mass is 32.2. The van der Waals surface area contributed by atoms with Gasteiger partial charge >= 0.3 is 0 Å². The van der Waals surface area contributed by atoms with Gasteiger partial charge in [0.15, 0.2) is 0 Å². The molecule has 2 amide bonds. The molecule has 7 nitrogen and oxygen atoms in total. The minimum Gasteiger partial charge on any atom is -0.354 e. The van der Waals surface area contributed by atoms with Crippen molar-refractivity contribution < 1.29 is 18.0 Å². The number of amides is 2. The molecule has 2 N–H and O–H groups in total. The Morgan fingerprint density at radius 3 is 2.32 bits per heavy atom. The minimum atomic E-state index is -3.64. The third-order valence-corrected chi connectivity index (χ3v) is 8.08. The number of carbonyl (C=O) groups is 2. The van der Waals surface area contributed by atoms with Crippen molar-refractivity contribution in [1.82, 2.24) is 14.9 Å². The number of nitrogens with zero attached hydrogens (tertiary/aromatic N) is 1. The Morgan fingerprint density at radius 2 is 1.65 bits per heavy atom. The van der Waals surface area contributed by atoms with E-state index in [1.165, 1.54) is 16.8 Å². The van der Waals surface area contributed by atoms with E-state index in [1.54, 1.807) is 18.2 Å². The normalized spacial score (nSPS) is 23.3. The summed E-state index contributed by atoms with van der Waals surface area (Å²) >= 11 is 0. The summed E-state index contributed by atoms with van der Waals surface area (Å²) in [5.74, 6) is 0.436. The van der Waals surface area contributed by atoms with E-state index in [2.05, 4.69) is 24.5 Å². The van der Waals surface area contributed by atoms with Crippen molar-refractivity contribution in [3.8, 4) is 0 Å². The summed E-state index contributed by atoms with van der Waals surface area (Å²) in [4.78, 5) is 24.8. The summed E-state index contributed by atoms with van der Waals surface area (Å²) in [6, 6.07) is 6.19. The zero-order valence-electron chi connectivity index (χ0n) is 18.6. The molecule has 0 bridgehead atoms.